The Kier molecular flexibility index (Phi) is 7.99. The molecule has 0 amide bonds. The van der Waals surface area contributed by atoms with Gasteiger partial charge in [-0.3, -0.25) is 0 Å². The first-order valence-corrected chi connectivity index (χ1v) is 10.1. The maximum Gasteiger partial charge on any atom is 0.240 e. The highest BCUT2D eigenvalue weighted by molar-refractivity contribution is 7.98. The molecule has 1 fully saturated rings. The first-order valence-electron chi connectivity index (χ1n) is 7.04. The molecule has 0 aliphatic heterocycles. The second-order valence-corrected chi connectivity index (χ2v) is 8.27. The summed E-state index contributed by atoms with van der Waals surface area (Å²) in [7, 11) is -3.55. The van der Waals surface area contributed by atoms with Gasteiger partial charge in [-0.25, -0.2) is 13.1 Å². The molecule has 0 radical (unpaired) electrons. The maximum absolute atomic E-state index is 12.5. The van der Waals surface area contributed by atoms with Gasteiger partial charge in [-0.05, 0) is 49.8 Å². The van der Waals surface area contributed by atoms with E-state index in [4.69, 9.17) is 17.3 Å². The van der Waals surface area contributed by atoms with Crippen molar-refractivity contribution in [2.24, 2.45) is 11.7 Å². The average Bonchev–Trinajstić information content (AvgIpc) is 2.47. The Balaban J connectivity index is 0.00000242. The summed E-state index contributed by atoms with van der Waals surface area (Å²) < 4.78 is 27.8. The fraction of sp³-hybridized carbons (Fsp3) is 0.571. The molecule has 22 heavy (non-hydrogen) atoms. The van der Waals surface area contributed by atoms with E-state index in [1.807, 2.05) is 6.26 Å². The Morgan fingerprint density at radius 3 is 2.64 bits per heavy atom. The summed E-state index contributed by atoms with van der Waals surface area (Å²) in [5.41, 5.74) is 5.75. The van der Waals surface area contributed by atoms with Gasteiger partial charge in [-0.1, -0.05) is 24.4 Å². The van der Waals surface area contributed by atoms with Gasteiger partial charge >= 0.3 is 0 Å². The van der Waals surface area contributed by atoms with E-state index in [-0.39, 0.29) is 29.3 Å². The molecule has 126 valence electrons. The fourth-order valence-electron chi connectivity index (χ4n) is 2.73. The van der Waals surface area contributed by atoms with E-state index in [9.17, 15) is 8.42 Å². The summed E-state index contributed by atoms with van der Waals surface area (Å²) in [6.45, 7) is 0.513. The van der Waals surface area contributed by atoms with E-state index in [0.29, 0.717) is 11.6 Å². The largest absolute Gasteiger partial charge is 0.330 e. The van der Waals surface area contributed by atoms with Crippen LogP contribution in [0.1, 0.15) is 25.7 Å². The molecule has 8 heteroatoms. The molecule has 1 saturated carbocycles. The quantitative estimate of drug-likeness (QED) is 0.763. The minimum Gasteiger partial charge on any atom is -0.330 e. The summed E-state index contributed by atoms with van der Waals surface area (Å²) in [6, 6.07) is 4.77. The van der Waals surface area contributed by atoms with Gasteiger partial charge in [-0.15, -0.1) is 24.2 Å². The summed E-state index contributed by atoms with van der Waals surface area (Å²) in [5, 5.41) is 0.462. The lowest BCUT2D eigenvalue weighted by atomic mass is 9.85. The molecule has 1 aromatic carbocycles. The van der Waals surface area contributed by atoms with Crippen LogP contribution in [-0.2, 0) is 10.0 Å². The Labute approximate surface area is 148 Å². The van der Waals surface area contributed by atoms with E-state index in [0.717, 1.165) is 30.6 Å². The smallest absolute Gasteiger partial charge is 0.240 e. The zero-order chi connectivity index (χ0) is 15.5. The highest BCUT2D eigenvalue weighted by Crippen LogP contribution is 2.29. The lowest BCUT2D eigenvalue weighted by molar-refractivity contribution is 0.296. The monoisotopic (exact) mass is 384 g/mol. The summed E-state index contributed by atoms with van der Waals surface area (Å²) in [6.07, 6.45) is 5.89. The van der Waals surface area contributed by atoms with Crippen LogP contribution in [0, 0.1) is 5.92 Å². The molecule has 2 atom stereocenters. The van der Waals surface area contributed by atoms with Gasteiger partial charge in [0.05, 0.1) is 9.92 Å². The van der Waals surface area contributed by atoms with Crippen LogP contribution in [0.15, 0.2) is 28.0 Å². The van der Waals surface area contributed by atoms with Gasteiger partial charge < -0.3 is 5.73 Å². The van der Waals surface area contributed by atoms with Crippen molar-refractivity contribution in [2.45, 2.75) is 41.5 Å². The van der Waals surface area contributed by atoms with Crippen LogP contribution in [0.25, 0.3) is 0 Å². The van der Waals surface area contributed by atoms with E-state index < -0.39 is 10.0 Å². The minimum absolute atomic E-state index is 0. The Bertz CT molecular complexity index is 597. The van der Waals surface area contributed by atoms with Crippen LogP contribution in [0.4, 0.5) is 0 Å². The SMILES string of the molecule is CSc1ccc(S(=O)(=O)NC2CCCCC2CN)cc1Cl.Cl. The number of nitrogens with one attached hydrogen (secondary N) is 1. The van der Waals surface area contributed by atoms with Gasteiger partial charge in [0.1, 0.15) is 0 Å². The van der Waals surface area contributed by atoms with Crippen molar-refractivity contribution in [3.8, 4) is 0 Å². The number of nitrogens with two attached hydrogens (primary N) is 1. The predicted molar refractivity (Wildman–Crippen MR) is 95.6 cm³/mol. The predicted octanol–water partition coefficient (Wildman–Crippen LogP) is 3.28. The van der Waals surface area contributed by atoms with Crippen molar-refractivity contribution < 1.29 is 8.42 Å². The standard InChI is InChI=1S/C14H21ClN2O2S2.ClH/c1-20-14-7-6-11(8-12(14)15)21(18,19)17-13-5-3-2-4-10(13)9-16;/h6-8,10,13,17H,2-5,9,16H2,1H3;1H. The summed E-state index contributed by atoms with van der Waals surface area (Å²) in [4.78, 5) is 1.08. The highest BCUT2D eigenvalue weighted by atomic mass is 35.5. The number of hydrogen-bond donors (Lipinski definition) is 2. The van der Waals surface area contributed by atoms with Crippen LogP contribution in [-0.4, -0.2) is 27.3 Å². The van der Waals surface area contributed by atoms with Crippen LogP contribution < -0.4 is 10.5 Å². The average molecular weight is 385 g/mol. The highest BCUT2D eigenvalue weighted by Gasteiger charge is 2.28. The van der Waals surface area contributed by atoms with Gasteiger partial charge in [0.2, 0.25) is 10.0 Å². The molecule has 3 N–H and O–H groups in total. The third kappa shape index (κ3) is 4.76. The van der Waals surface area contributed by atoms with Crippen molar-refractivity contribution in [3.05, 3.63) is 23.2 Å². The fourth-order valence-corrected chi connectivity index (χ4v) is 5.03. The Morgan fingerprint density at radius 1 is 1.36 bits per heavy atom. The summed E-state index contributed by atoms with van der Waals surface area (Å²) >= 11 is 7.59. The van der Waals surface area contributed by atoms with E-state index in [1.165, 1.54) is 17.8 Å². The van der Waals surface area contributed by atoms with Gasteiger partial charge in [-0.2, -0.15) is 0 Å². The normalized spacial score (nSPS) is 22.1. The number of hydrogen-bond acceptors (Lipinski definition) is 4. The third-order valence-corrected chi connectivity index (χ3v) is 6.66. The molecule has 1 aliphatic carbocycles. The second kappa shape index (κ2) is 8.76. The molecule has 0 spiro atoms. The van der Waals surface area contributed by atoms with Gasteiger partial charge in [0.15, 0.2) is 0 Å². The van der Waals surface area contributed by atoms with E-state index in [1.54, 1.807) is 12.1 Å². The van der Waals surface area contributed by atoms with Crippen LogP contribution in [0.5, 0.6) is 0 Å². The number of thioether (sulfide) groups is 1. The molecule has 2 rings (SSSR count). The lowest BCUT2D eigenvalue weighted by Crippen LogP contribution is -2.44. The molecule has 0 saturated heterocycles. The van der Waals surface area contributed by atoms with Crippen molar-refractivity contribution in [1.29, 1.82) is 0 Å². The lowest BCUT2D eigenvalue weighted by Gasteiger charge is -2.31. The zero-order valence-electron chi connectivity index (χ0n) is 12.4. The molecule has 2 unspecified atom stereocenters. The number of benzene rings is 1. The van der Waals surface area contributed by atoms with Gasteiger partial charge in [0.25, 0.3) is 0 Å². The number of halogens is 2. The molecule has 0 aromatic heterocycles. The maximum atomic E-state index is 12.5. The van der Waals surface area contributed by atoms with Crippen molar-refractivity contribution in [2.75, 3.05) is 12.8 Å². The topological polar surface area (TPSA) is 72.2 Å². The number of rotatable bonds is 5. The second-order valence-electron chi connectivity index (χ2n) is 5.30. The van der Waals surface area contributed by atoms with Crippen molar-refractivity contribution in [1.82, 2.24) is 4.72 Å². The zero-order valence-corrected chi connectivity index (χ0v) is 15.6. The van der Waals surface area contributed by atoms with Crippen molar-refractivity contribution >= 4 is 45.8 Å². The Hall–Kier alpha value is 0.0200. The van der Waals surface area contributed by atoms with Crippen LogP contribution in [0.2, 0.25) is 5.02 Å². The Morgan fingerprint density at radius 2 is 2.05 bits per heavy atom. The van der Waals surface area contributed by atoms with Crippen LogP contribution >= 0.6 is 35.8 Å². The molecular formula is C14H22Cl2N2O2S2. The molecule has 0 bridgehead atoms. The number of sulfonamides is 1. The van der Waals surface area contributed by atoms with Gasteiger partial charge in [0, 0.05) is 10.9 Å². The van der Waals surface area contributed by atoms with Crippen LogP contribution in [0.3, 0.4) is 0 Å². The summed E-state index contributed by atoms with van der Waals surface area (Å²) in [5.74, 6) is 0.217. The first-order chi connectivity index (χ1) is 9.97. The van der Waals surface area contributed by atoms with E-state index in [2.05, 4.69) is 4.72 Å². The first kappa shape index (κ1) is 20.1. The molecule has 1 aromatic rings. The van der Waals surface area contributed by atoms with Crippen molar-refractivity contribution in [3.63, 3.8) is 0 Å². The molecular weight excluding hydrogens is 363 g/mol. The molecule has 0 heterocycles. The third-order valence-electron chi connectivity index (χ3n) is 3.95. The molecule has 4 nitrogen and oxygen atoms in total. The minimum atomic E-state index is -3.55. The molecule has 1 aliphatic rings. The van der Waals surface area contributed by atoms with E-state index >= 15 is 0 Å².